The second-order valence-corrected chi connectivity index (χ2v) is 8.25. The van der Waals surface area contributed by atoms with Gasteiger partial charge in [0.2, 0.25) is 0 Å². The van der Waals surface area contributed by atoms with Crippen LogP contribution < -0.4 is 14.8 Å². The van der Waals surface area contributed by atoms with E-state index >= 15 is 0 Å². The number of hydrogen-bond acceptors (Lipinski definition) is 5. The van der Waals surface area contributed by atoms with E-state index in [2.05, 4.69) is 37.9 Å². The maximum Gasteiger partial charge on any atom is 0.251 e. The van der Waals surface area contributed by atoms with E-state index in [1.807, 2.05) is 0 Å². The number of amides is 1. The molecule has 6 nitrogen and oxygen atoms in total. The summed E-state index contributed by atoms with van der Waals surface area (Å²) in [5.74, 6) is 2.32. The largest absolute Gasteiger partial charge is 0.493 e. The van der Waals surface area contributed by atoms with Gasteiger partial charge in [-0.2, -0.15) is 0 Å². The molecule has 6 heteroatoms. The van der Waals surface area contributed by atoms with Gasteiger partial charge in [0, 0.05) is 31.7 Å². The van der Waals surface area contributed by atoms with Gasteiger partial charge >= 0.3 is 0 Å². The monoisotopic (exact) mass is 392 g/mol. The molecule has 0 bridgehead atoms. The number of rotatable bonds is 10. The molecule has 1 aromatic carbocycles. The zero-order chi connectivity index (χ0) is 20.5. The van der Waals surface area contributed by atoms with Crippen LogP contribution in [0.15, 0.2) is 18.2 Å². The second-order valence-electron chi connectivity index (χ2n) is 8.25. The summed E-state index contributed by atoms with van der Waals surface area (Å²) in [4.78, 5) is 15.0. The zero-order valence-electron chi connectivity index (χ0n) is 18.0. The summed E-state index contributed by atoms with van der Waals surface area (Å²) in [7, 11) is 1.59. The number of nitrogens with one attached hydrogen (secondary N) is 1. The molecule has 28 heavy (non-hydrogen) atoms. The highest BCUT2D eigenvalue weighted by Gasteiger charge is 2.22. The van der Waals surface area contributed by atoms with Gasteiger partial charge in [-0.1, -0.05) is 27.7 Å². The number of morpholine rings is 1. The van der Waals surface area contributed by atoms with Crippen LogP contribution in [0, 0.1) is 11.8 Å². The Morgan fingerprint density at radius 1 is 1.25 bits per heavy atom. The van der Waals surface area contributed by atoms with Crippen LogP contribution in [0.2, 0.25) is 0 Å². The first-order valence-electron chi connectivity index (χ1n) is 10.3. The zero-order valence-corrected chi connectivity index (χ0v) is 18.0. The molecule has 1 N–H and O–H groups in total. The van der Waals surface area contributed by atoms with Gasteiger partial charge in [0.15, 0.2) is 11.5 Å². The van der Waals surface area contributed by atoms with Crippen LogP contribution in [0.4, 0.5) is 0 Å². The Morgan fingerprint density at radius 2 is 2.04 bits per heavy atom. The van der Waals surface area contributed by atoms with Crippen LogP contribution >= 0.6 is 0 Å². The summed E-state index contributed by atoms with van der Waals surface area (Å²) in [5, 5.41) is 2.98. The molecule has 158 valence electrons. The smallest absolute Gasteiger partial charge is 0.251 e. The summed E-state index contributed by atoms with van der Waals surface area (Å²) in [6.07, 6.45) is 0.998. The highest BCUT2D eigenvalue weighted by molar-refractivity contribution is 5.94. The number of carbonyl (C=O) groups is 1. The molecule has 0 aromatic heterocycles. The summed E-state index contributed by atoms with van der Waals surface area (Å²) >= 11 is 0. The minimum atomic E-state index is -0.128. The van der Waals surface area contributed by atoms with Gasteiger partial charge in [0.05, 0.1) is 26.4 Å². The van der Waals surface area contributed by atoms with Crippen molar-refractivity contribution in [1.29, 1.82) is 0 Å². The van der Waals surface area contributed by atoms with Crippen molar-refractivity contribution in [1.82, 2.24) is 10.2 Å². The molecule has 1 heterocycles. The van der Waals surface area contributed by atoms with Crippen molar-refractivity contribution in [2.24, 2.45) is 11.8 Å². The van der Waals surface area contributed by atoms with E-state index in [0.29, 0.717) is 48.7 Å². The van der Waals surface area contributed by atoms with Crippen LogP contribution in [0.1, 0.15) is 44.5 Å². The number of ether oxygens (including phenoxy) is 3. The lowest BCUT2D eigenvalue weighted by Crippen LogP contribution is -2.48. The third kappa shape index (κ3) is 7.32. The first kappa shape index (κ1) is 22.5. The summed E-state index contributed by atoms with van der Waals surface area (Å²) in [5.41, 5.74) is 0.558. The van der Waals surface area contributed by atoms with Gasteiger partial charge in [-0.3, -0.25) is 9.69 Å². The molecule has 1 saturated heterocycles. The average molecular weight is 393 g/mol. The lowest BCUT2D eigenvalue weighted by molar-refractivity contribution is -0.0295. The molecular weight excluding hydrogens is 356 g/mol. The Kier molecular flexibility index (Phi) is 9.06. The fourth-order valence-electron chi connectivity index (χ4n) is 3.23. The maximum atomic E-state index is 12.6. The Balaban J connectivity index is 1.87. The first-order valence-corrected chi connectivity index (χ1v) is 10.3. The molecule has 1 unspecified atom stereocenters. The number of nitrogens with zero attached hydrogens (tertiary/aromatic N) is 1. The predicted molar refractivity (Wildman–Crippen MR) is 111 cm³/mol. The molecule has 1 atom stereocenters. The van der Waals surface area contributed by atoms with Crippen LogP contribution in [0.5, 0.6) is 11.5 Å². The maximum absolute atomic E-state index is 12.6. The van der Waals surface area contributed by atoms with Gasteiger partial charge in [0.1, 0.15) is 0 Å². The fraction of sp³-hybridized carbons (Fsp3) is 0.682. The van der Waals surface area contributed by atoms with Gasteiger partial charge in [0.25, 0.3) is 5.91 Å². The lowest BCUT2D eigenvalue weighted by atomic mass is 10.1. The molecule has 1 aliphatic heterocycles. The topological polar surface area (TPSA) is 60.0 Å². The van der Waals surface area contributed by atoms with Crippen molar-refractivity contribution < 1.29 is 19.0 Å². The number of hydrogen-bond donors (Lipinski definition) is 1. The van der Waals surface area contributed by atoms with Crippen molar-refractivity contribution >= 4 is 5.91 Å². The summed E-state index contributed by atoms with van der Waals surface area (Å²) in [6.45, 7) is 13.5. The van der Waals surface area contributed by atoms with E-state index in [-0.39, 0.29) is 12.0 Å². The molecule has 1 aliphatic rings. The lowest BCUT2D eigenvalue weighted by Gasteiger charge is -2.33. The Hall–Kier alpha value is -1.79. The van der Waals surface area contributed by atoms with Crippen molar-refractivity contribution in [2.45, 2.75) is 40.2 Å². The second kappa shape index (κ2) is 11.3. The van der Waals surface area contributed by atoms with E-state index in [1.165, 1.54) is 0 Å². The van der Waals surface area contributed by atoms with Gasteiger partial charge in [-0.25, -0.2) is 0 Å². The molecule has 1 fully saturated rings. The van der Waals surface area contributed by atoms with Gasteiger partial charge < -0.3 is 19.5 Å². The SMILES string of the molecule is COc1cc(C(=O)NCC2CN(CC(C)C)CCO2)ccc1OCCC(C)C. The van der Waals surface area contributed by atoms with E-state index in [1.54, 1.807) is 25.3 Å². The van der Waals surface area contributed by atoms with Crippen LogP contribution in [-0.4, -0.2) is 63.4 Å². The fourth-order valence-corrected chi connectivity index (χ4v) is 3.23. The van der Waals surface area contributed by atoms with E-state index < -0.39 is 0 Å². The molecule has 0 saturated carbocycles. The highest BCUT2D eigenvalue weighted by atomic mass is 16.5. The Morgan fingerprint density at radius 3 is 2.71 bits per heavy atom. The third-order valence-corrected chi connectivity index (χ3v) is 4.72. The van der Waals surface area contributed by atoms with Crippen LogP contribution in [0.25, 0.3) is 0 Å². The molecule has 2 rings (SSSR count). The molecule has 0 aliphatic carbocycles. The van der Waals surface area contributed by atoms with Gasteiger partial charge in [-0.05, 0) is 36.5 Å². The van der Waals surface area contributed by atoms with E-state index in [9.17, 15) is 4.79 Å². The summed E-state index contributed by atoms with van der Waals surface area (Å²) < 4.78 is 17.0. The van der Waals surface area contributed by atoms with Crippen molar-refractivity contribution in [3.63, 3.8) is 0 Å². The average Bonchev–Trinajstić information content (AvgIpc) is 2.65. The third-order valence-electron chi connectivity index (χ3n) is 4.72. The number of methoxy groups -OCH3 is 1. The minimum absolute atomic E-state index is 0.0250. The van der Waals surface area contributed by atoms with Crippen molar-refractivity contribution in [3.8, 4) is 11.5 Å². The minimum Gasteiger partial charge on any atom is -0.493 e. The van der Waals surface area contributed by atoms with Crippen molar-refractivity contribution in [3.05, 3.63) is 23.8 Å². The molecule has 1 aromatic rings. The number of carbonyl (C=O) groups excluding carboxylic acids is 1. The molecule has 0 radical (unpaired) electrons. The van der Waals surface area contributed by atoms with E-state index in [4.69, 9.17) is 14.2 Å². The molecule has 1 amide bonds. The predicted octanol–water partition coefficient (Wildman–Crippen LogP) is 3.21. The van der Waals surface area contributed by atoms with Gasteiger partial charge in [-0.15, -0.1) is 0 Å². The summed E-state index contributed by atoms with van der Waals surface area (Å²) in [6, 6.07) is 5.30. The van der Waals surface area contributed by atoms with Crippen LogP contribution in [-0.2, 0) is 4.74 Å². The standard InChI is InChI=1S/C22H36N2O4/c1-16(2)8-10-28-20-7-6-18(12-21(20)26-5)22(25)23-13-19-15-24(9-11-27-19)14-17(3)4/h6-7,12,16-17,19H,8-11,13-15H2,1-5H3,(H,23,25). The quantitative estimate of drug-likeness (QED) is 0.663. The first-order chi connectivity index (χ1) is 13.4. The number of benzene rings is 1. The Bertz CT molecular complexity index is 619. The highest BCUT2D eigenvalue weighted by Crippen LogP contribution is 2.28. The molecular formula is C22H36N2O4. The van der Waals surface area contributed by atoms with Crippen LogP contribution in [0.3, 0.4) is 0 Å². The normalized spacial score (nSPS) is 17.8. The van der Waals surface area contributed by atoms with Crippen molar-refractivity contribution in [2.75, 3.05) is 46.5 Å². The Labute approximate surface area is 169 Å². The van der Waals surface area contributed by atoms with E-state index in [0.717, 1.165) is 26.1 Å². The molecule has 0 spiro atoms.